The number of hydrogen-bond acceptors (Lipinski definition) is 5. The van der Waals surface area contributed by atoms with Gasteiger partial charge in [-0.05, 0) is 18.2 Å². The second kappa shape index (κ2) is 5.28. The normalized spacial score (nSPS) is 18.1. The Labute approximate surface area is 114 Å². The molecule has 0 atom stereocenters. The van der Waals surface area contributed by atoms with Crippen LogP contribution in [0.15, 0.2) is 23.1 Å². The van der Waals surface area contributed by atoms with E-state index in [1.165, 1.54) is 22.5 Å². The smallest absolute Gasteiger partial charge is 0.245 e. The van der Waals surface area contributed by atoms with Crippen LogP contribution in [0.1, 0.15) is 5.56 Å². The van der Waals surface area contributed by atoms with E-state index in [-0.39, 0.29) is 23.7 Å². The molecular weight excluding hydrogens is 286 g/mol. The van der Waals surface area contributed by atoms with Gasteiger partial charge in [0.05, 0.1) is 17.3 Å². The van der Waals surface area contributed by atoms with E-state index in [1.807, 2.05) is 6.07 Å². The van der Waals surface area contributed by atoms with Crippen LogP contribution in [0.3, 0.4) is 0 Å². The van der Waals surface area contributed by atoms with Crippen LogP contribution in [0.25, 0.3) is 0 Å². The highest BCUT2D eigenvalue weighted by Gasteiger charge is 2.29. The molecule has 0 spiro atoms. The second-order valence-corrected chi connectivity index (χ2v) is 7.72. The van der Waals surface area contributed by atoms with Gasteiger partial charge in [0.15, 0.2) is 0 Å². The van der Waals surface area contributed by atoms with Crippen LogP contribution in [0.5, 0.6) is 0 Å². The molecule has 102 valence electrons. The molecule has 0 bridgehead atoms. The van der Waals surface area contributed by atoms with Crippen molar-refractivity contribution in [2.24, 2.45) is 0 Å². The highest BCUT2D eigenvalue weighted by atomic mass is 32.2. The first-order valence-electron chi connectivity index (χ1n) is 5.60. The van der Waals surface area contributed by atoms with Crippen molar-refractivity contribution in [1.29, 1.82) is 5.26 Å². The summed E-state index contributed by atoms with van der Waals surface area (Å²) in [5, 5.41) is 8.73. The van der Waals surface area contributed by atoms with Crippen LogP contribution >= 0.6 is 0 Å². The first-order valence-corrected chi connectivity index (χ1v) is 8.52. The Hall–Kier alpha value is -1.43. The lowest BCUT2D eigenvalue weighted by atomic mass is 10.2. The molecule has 1 aliphatic heterocycles. The lowest BCUT2D eigenvalue weighted by Gasteiger charge is -2.26. The first-order chi connectivity index (χ1) is 8.95. The summed E-state index contributed by atoms with van der Waals surface area (Å²) in [5.74, 6) is 0.685. The molecular formula is C11H13N3O3S2. The standard InChI is InChI=1S/C11H13N3O3S2/c12-8-9-1-2-11(10(13)7-9)19(16,17)14-3-5-18(15)6-4-14/h1-2,7H,3-6,13H2. The van der Waals surface area contributed by atoms with E-state index in [0.29, 0.717) is 17.1 Å². The number of rotatable bonds is 2. The van der Waals surface area contributed by atoms with Gasteiger partial charge in [0, 0.05) is 35.4 Å². The zero-order chi connectivity index (χ0) is 14.0. The van der Waals surface area contributed by atoms with Crippen LogP contribution in [0, 0.1) is 11.3 Å². The van der Waals surface area contributed by atoms with Crippen molar-refractivity contribution < 1.29 is 12.6 Å². The number of nitrogens with zero attached hydrogens (tertiary/aromatic N) is 2. The Kier molecular flexibility index (Phi) is 3.89. The van der Waals surface area contributed by atoms with Gasteiger partial charge in [-0.1, -0.05) is 0 Å². The highest BCUT2D eigenvalue weighted by molar-refractivity contribution is 7.89. The van der Waals surface area contributed by atoms with Gasteiger partial charge in [-0.15, -0.1) is 0 Å². The zero-order valence-corrected chi connectivity index (χ0v) is 11.7. The third-order valence-corrected chi connectivity index (χ3v) is 6.14. The third kappa shape index (κ3) is 2.78. The summed E-state index contributed by atoms with van der Waals surface area (Å²) in [6.07, 6.45) is 0. The average Bonchev–Trinajstić information content (AvgIpc) is 2.38. The predicted molar refractivity (Wildman–Crippen MR) is 72.2 cm³/mol. The molecule has 0 aromatic heterocycles. The molecule has 6 nitrogen and oxygen atoms in total. The van der Waals surface area contributed by atoms with Crippen LogP contribution in [-0.4, -0.2) is 41.5 Å². The summed E-state index contributed by atoms with van der Waals surface area (Å²) in [7, 11) is -4.62. The molecule has 0 radical (unpaired) electrons. The van der Waals surface area contributed by atoms with Gasteiger partial charge in [0.1, 0.15) is 4.90 Å². The fraction of sp³-hybridized carbons (Fsp3) is 0.364. The van der Waals surface area contributed by atoms with E-state index in [2.05, 4.69) is 0 Å². The van der Waals surface area contributed by atoms with Crippen molar-refractivity contribution in [1.82, 2.24) is 4.31 Å². The van der Waals surface area contributed by atoms with Crippen LogP contribution < -0.4 is 5.73 Å². The number of sulfonamides is 1. The molecule has 2 N–H and O–H groups in total. The van der Waals surface area contributed by atoms with Crippen molar-refractivity contribution in [3.63, 3.8) is 0 Å². The highest BCUT2D eigenvalue weighted by Crippen LogP contribution is 2.24. The molecule has 1 aromatic carbocycles. The number of nitrogen functional groups attached to an aromatic ring is 1. The number of benzene rings is 1. The summed E-state index contributed by atoms with van der Waals surface area (Å²) in [4.78, 5) is -0.000757. The fourth-order valence-electron chi connectivity index (χ4n) is 1.85. The summed E-state index contributed by atoms with van der Waals surface area (Å²) in [6.45, 7) is 0.461. The van der Waals surface area contributed by atoms with Crippen molar-refractivity contribution in [2.75, 3.05) is 30.3 Å². The molecule has 1 fully saturated rings. The van der Waals surface area contributed by atoms with Crippen molar-refractivity contribution >= 4 is 26.5 Å². The lowest BCUT2D eigenvalue weighted by Crippen LogP contribution is -2.41. The number of nitriles is 1. The van der Waals surface area contributed by atoms with Crippen LogP contribution in [0.4, 0.5) is 5.69 Å². The predicted octanol–water partition coefficient (Wildman–Crippen LogP) is -0.107. The summed E-state index contributed by atoms with van der Waals surface area (Å²) < 4.78 is 37.3. The van der Waals surface area contributed by atoms with Gasteiger partial charge in [-0.3, -0.25) is 4.21 Å². The first kappa shape index (κ1) is 14.0. The van der Waals surface area contributed by atoms with Gasteiger partial charge < -0.3 is 5.73 Å². The Balaban J connectivity index is 2.35. The third-order valence-electron chi connectivity index (χ3n) is 2.89. The molecule has 0 unspecified atom stereocenters. The molecule has 1 saturated heterocycles. The molecule has 1 aromatic rings. The minimum atomic E-state index is -3.68. The van der Waals surface area contributed by atoms with E-state index >= 15 is 0 Å². The van der Waals surface area contributed by atoms with E-state index in [1.54, 1.807) is 0 Å². The van der Waals surface area contributed by atoms with Gasteiger partial charge in [-0.2, -0.15) is 9.57 Å². The zero-order valence-electron chi connectivity index (χ0n) is 10.1. The maximum atomic E-state index is 12.4. The fourth-order valence-corrected chi connectivity index (χ4v) is 4.68. The van der Waals surface area contributed by atoms with E-state index in [0.717, 1.165) is 0 Å². The van der Waals surface area contributed by atoms with Gasteiger partial charge in [0.2, 0.25) is 10.0 Å². The molecule has 8 heteroatoms. The van der Waals surface area contributed by atoms with Crippen molar-refractivity contribution in [3.05, 3.63) is 23.8 Å². The number of hydrogen-bond donors (Lipinski definition) is 1. The van der Waals surface area contributed by atoms with Crippen molar-refractivity contribution in [2.45, 2.75) is 4.90 Å². The topological polar surface area (TPSA) is 104 Å². The molecule has 0 saturated carbocycles. The Morgan fingerprint density at radius 3 is 2.47 bits per heavy atom. The van der Waals surface area contributed by atoms with Gasteiger partial charge in [0.25, 0.3) is 0 Å². The molecule has 2 rings (SSSR count). The summed E-state index contributed by atoms with van der Waals surface area (Å²) >= 11 is 0. The Bertz CT molecular complexity index is 654. The van der Waals surface area contributed by atoms with E-state index < -0.39 is 20.8 Å². The van der Waals surface area contributed by atoms with E-state index in [4.69, 9.17) is 11.0 Å². The lowest BCUT2D eigenvalue weighted by molar-refractivity contribution is 0.439. The van der Waals surface area contributed by atoms with Gasteiger partial charge in [-0.25, -0.2) is 8.42 Å². The minimum Gasteiger partial charge on any atom is -0.398 e. The second-order valence-electron chi connectivity index (χ2n) is 4.12. The van der Waals surface area contributed by atoms with E-state index in [9.17, 15) is 12.6 Å². The maximum Gasteiger partial charge on any atom is 0.245 e. The Morgan fingerprint density at radius 2 is 1.95 bits per heavy atom. The molecule has 0 amide bonds. The quantitative estimate of drug-likeness (QED) is 0.767. The molecule has 1 heterocycles. The minimum absolute atomic E-state index is 0.000757. The van der Waals surface area contributed by atoms with Crippen LogP contribution in [0.2, 0.25) is 0 Å². The molecule has 19 heavy (non-hydrogen) atoms. The number of nitrogens with two attached hydrogens (primary N) is 1. The average molecular weight is 299 g/mol. The summed E-state index contributed by atoms with van der Waals surface area (Å²) in [6, 6.07) is 6.01. The summed E-state index contributed by atoms with van der Waals surface area (Å²) in [5.41, 5.74) is 6.08. The Morgan fingerprint density at radius 1 is 1.32 bits per heavy atom. The maximum absolute atomic E-state index is 12.4. The number of anilines is 1. The largest absolute Gasteiger partial charge is 0.398 e. The molecule has 0 aliphatic carbocycles. The SMILES string of the molecule is N#Cc1ccc(S(=O)(=O)N2CCS(=O)CC2)c(N)c1. The monoisotopic (exact) mass is 299 g/mol. The molecule has 1 aliphatic rings. The van der Waals surface area contributed by atoms with Crippen molar-refractivity contribution in [3.8, 4) is 6.07 Å². The van der Waals surface area contributed by atoms with Gasteiger partial charge >= 0.3 is 0 Å². The van der Waals surface area contributed by atoms with Crippen LogP contribution in [-0.2, 0) is 20.8 Å².